The lowest BCUT2D eigenvalue weighted by molar-refractivity contribution is -0.142. The summed E-state index contributed by atoms with van der Waals surface area (Å²) < 4.78 is 0. The van der Waals surface area contributed by atoms with Gasteiger partial charge in [-0.15, -0.1) is 0 Å². The fourth-order valence-electron chi connectivity index (χ4n) is 1.31. The molecule has 4 nitrogen and oxygen atoms in total. The van der Waals surface area contributed by atoms with Crippen molar-refractivity contribution >= 4 is 23.6 Å². The van der Waals surface area contributed by atoms with Crippen LogP contribution in [-0.4, -0.2) is 47.9 Å². The number of hydrogen-bond acceptors (Lipinski definition) is 3. The molecule has 13 heavy (non-hydrogen) atoms. The molecule has 1 fully saturated rings. The fourth-order valence-corrected chi connectivity index (χ4v) is 1.97. The zero-order valence-electron chi connectivity index (χ0n) is 7.87. The molecular weight excluding hydrogens is 188 g/mol. The van der Waals surface area contributed by atoms with Gasteiger partial charge in [0.25, 0.3) is 0 Å². The van der Waals surface area contributed by atoms with Crippen molar-refractivity contribution in [2.24, 2.45) is 0 Å². The maximum absolute atomic E-state index is 11.4. The number of hydrogen-bond donors (Lipinski definition) is 1. The smallest absolute Gasteiger partial charge is 0.242 e. The predicted octanol–water partition coefficient (Wildman–Crippen LogP) is -0.304. The van der Waals surface area contributed by atoms with Crippen LogP contribution in [0.25, 0.3) is 0 Å². The van der Waals surface area contributed by atoms with E-state index in [9.17, 15) is 9.59 Å². The van der Waals surface area contributed by atoms with Gasteiger partial charge in [0, 0.05) is 11.8 Å². The third-order valence-electron chi connectivity index (χ3n) is 2.01. The minimum absolute atomic E-state index is 0.0150. The summed E-state index contributed by atoms with van der Waals surface area (Å²) in [5, 5.41) is 2.52. The van der Waals surface area contributed by atoms with Gasteiger partial charge in [-0.05, 0) is 13.2 Å². The number of piperazine rings is 1. The summed E-state index contributed by atoms with van der Waals surface area (Å²) in [6.45, 7) is 2.32. The third-order valence-corrected chi connectivity index (χ3v) is 2.83. The molecule has 5 heteroatoms. The van der Waals surface area contributed by atoms with Crippen molar-refractivity contribution in [1.82, 2.24) is 10.2 Å². The van der Waals surface area contributed by atoms with Gasteiger partial charge in [-0.2, -0.15) is 11.8 Å². The van der Waals surface area contributed by atoms with Crippen LogP contribution in [-0.2, 0) is 9.59 Å². The monoisotopic (exact) mass is 202 g/mol. The molecule has 0 aromatic rings. The highest BCUT2D eigenvalue weighted by molar-refractivity contribution is 7.98. The Hall–Kier alpha value is -0.710. The standard InChI is InChI=1S/C8H14N2O2S/c1-6(5-13-2)10-4-7(11)9-3-8(10)12/h6H,3-5H2,1-2H3,(H,9,11). The first-order valence-electron chi connectivity index (χ1n) is 4.20. The van der Waals surface area contributed by atoms with Crippen LogP contribution in [0.5, 0.6) is 0 Å². The first-order chi connectivity index (χ1) is 6.15. The molecule has 1 atom stereocenters. The van der Waals surface area contributed by atoms with Crippen LogP contribution in [0.15, 0.2) is 0 Å². The number of rotatable bonds is 3. The van der Waals surface area contributed by atoms with E-state index in [1.54, 1.807) is 16.7 Å². The molecule has 1 unspecified atom stereocenters. The quantitative estimate of drug-likeness (QED) is 0.683. The van der Waals surface area contributed by atoms with Crippen LogP contribution in [0, 0.1) is 0 Å². The summed E-state index contributed by atoms with van der Waals surface area (Å²) in [4.78, 5) is 24.0. The lowest BCUT2D eigenvalue weighted by atomic mass is 10.2. The summed E-state index contributed by atoms with van der Waals surface area (Å²) in [5.74, 6) is 0.827. The topological polar surface area (TPSA) is 49.4 Å². The van der Waals surface area contributed by atoms with Crippen LogP contribution in [0.1, 0.15) is 6.92 Å². The summed E-state index contributed by atoms with van der Waals surface area (Å²) in [7, 11) is 0. The molecule has 1 rings (SSSR count). The Balaban J connectivity index is 2.54. The lowest BCUT2D eigenvalue weighted by Gasteiger charge is -2.31. The van der Waals surface area contributed by atoms with E-state index < -0.39 is 0 Å². The van der Waals surface area contributed by atoms with Crippen LogP contribution >= 0.6 is 11.8 Å². The van der Waals surface area contributed by atoms with Crippen molar-refractivity contribution in [2.75, 3.05) is 25.1 Å². The van der Waals surface area contributed by atoms with E-state index in [2.05, 4.69) is 5.32 Å². The lowest BCUT2D eigenvalue weighted by Crippen LogP contribution is -2.55. The second kappa shape index (κ2) is 4.50. The molecule has 1 saturated heterocycles. The molecule has 0 bridgehead atoms. The van der Waals surface area contributed by atoms with Crippen molar-refractivity contribution in [3.8, 4) is 0 Å². The Bertz CT molecular complexity index is 220. The number of thioether (sulfide) groups is 1. The molecule has 1 aliphatic rings. The molecule has 1 heterocycles. The molecule has 0 aromatic heterocycles. The van der Waals surface area contributed by atoms with E-state index >= 15 is 0 Å². The Morgan fingerprint density at radius 2 is 2.31 bits per heavy atom. The summed E-state index contributed by atoms with van der Waals surface area (Å²) in [6, 6.07) is 0.147. The van der Waals surface area contributed by atoms with Crippen molar-refractivity contribution in [3.63, 3.8) is 0 Å². The molecule has 0 aliphatic carbocycles. The van der Waals surface area contributed by atoms with Crippen LogP contribution < -0.4 is 5.32 Å². The van der Waals surface area contributed by atoms with Gasteiger partial charge in [0.1, 0.15) is 0 Å². The molecule has 1 N–H and O–H groups in total. The van der Waals surface area contributed by atoms with Gasteiger partial charge in [-0.25, -0.2) is 0 Å². The Labute approximate surface area is 82.0 Å². The zero-order valence-corrected chi connectivity index (χ0v) is 8.69. The average Bonchev–Trinajstić information content (AvgIpc) is 2.09. The summed E-state index contributed by atoms with van der Waals surface area (Å²) >= 11 is 1.68. The zero-order chi connectivity index (χ0) is 9.84. The van der Waals surface area contributed by atoms with E-state index in [1.807, 2.05) is 13.2 Å². The molecular formula is C8H14N2O2S. The number of carbonyl (C=O) groups excluding carboxylic acids is 2. The normalized spacial score (nSPS) is 20.0. The molecule has 0 radical (unpaired) electrons. The first kappa shape index (κ1) is 10.4. The largest absolute Gasteiger partial charge is 0.345 e. The van der Waals surface area contributed by atoms with Crippen LogP contribution in [0.4, 0.5) is 0 Å². The van der Waals surface area contributed by atoms with Crippen molar-refractivity contribution in [1.29, 1.82) is 0 Å². The molecule has 0 saturated carbocycles. The maximum Gasteiger partial charge on any atom is 0.242 e. The molecule has 2 amide bonds. The Morgan fingerprint density at radius 3 is 2.92 bits per heavy atom. The Morgan fingerprint density at radius 1 is 1.62 bits per heavy atom. The Kier molecular flexibility index (Phi) is 3.59. The van der Waals surface area contributed by atoms with Gasteiger partial charge in [-0.3, -0.25) is 9.59 Å². The van der Waals surface area contributed by atoms with Gasteiger partial charge in [0.15, 0.2) is 0 Å². The van der Waals surface area contributed by atoms with Crippen molar-refractivity contribution in [2.45, 2.75) is 13.0 Å². The SMILES string of the molecule is CSCC(C)N1CC(=O)NCC1=O. The van der Waals surface area contributed by atoms with E-state index in [0.29, 0.717) is 0 Å². The average molecular weight is 202 g/mol. The maximum atomic E-state index is 11.4. The first-order valence-corrected chi connectivity index (χ1v) is 5.59. The fraction of sp³-hybridized carbons (Fsp3) is 0.750. The predicted molar refractivity (Wildman–Crippen MR) is 52.6 cm³/mol. The third kappa shape index (κ3) is 2.62. The van der Waals surface area contributed by atoms with Gasteiger partial charge < -0.3 is 10.2 Å². The van der Waals surface area contributed by atoms with Crippen molar-refractivity contribution in [3.05, 3.63) is 0 Å². The highest BCUT2D eigenvalue weighted by atomic mass is 32.2. The summed E-state index contributed by atoms with van der Waals surface area (Å²) in [5.41, 5.74) is 0. The highest BCUT2D eigenvalue weighted by Crippen LogP contribution is 2.07. The van der Waals surface area contributed by atoms with E-state index in [-0.39, 0.29) is 30.9 Å². The second-order valence-corrected chi connectivity index (χ2v) is 4.01. The molecule has 1 aliphatic heterocycles. The highest BCUT2D eigenvalue weighted by Gasteiger charge is 2.26. The second-order valence-electron chi connectivity index (χ2n) is 3.10. The van der Waals surface area contributed by atoms with Gasteiger partial charge >= 0.3 is 0 Å². The van der Waals surface area contributed by atoms with Gasteiger partial charge in [0.05, 0.1) is 13.1 Å². The van der Waals surface area contributed by atoms with E-state index in [0.717, 1.165) is 5.75 Å². The number of nitrogens with zero attached hydrogens (tertiary/aromatic N) is 1. The molecule has 74 valence electrons. The molecule has 0 spiro atoms. The summed E-state index contributed by atoms with van der Waals surface area (Å²) in [6.07, 6.45) is 1.99. The van der Waals surface area contributed by atoms with Gasteiger partial charge in [0.2, 0.25) is 11.8 Å². The van der Waals surface area contributed by atoms with Gasteiger partial charge in [-0.1, -0.05) is 0 Å². The van der Waals surface area contributed by atoms with Crippen LogP contribution in [0.3, 0.4) is 0 Å². The van der Waals surface area contributed by atoms with E-state index in [1.165, 1.54) is 0 Å². The minimum atomic E-state index is -0.0625. The number of carbonyl (C=O) groups is 2. The van der Waals surface area contributed by atoms with Crippen molar-refractivity contribution < 1.29 is 9.59 Å². The number of amides is 2. The van der Waals surface area contributed by atoms with Crippen LogP contribution in [0.2, 0.25) is 0 Å². The minimum Gasteiger partial charge on any atom is -0.345 e. The van der Waals surface area contributed by atoms with E-state index in [4.69, 9.17) is 0 Å². The number of nitrogens with one attached hydrogen (secondary N) is 1. The molecule has 0 aromatic carbocycles.